The Morgan fingerprint density at radius 1 is 1.21 bits per heavy atom. The van der Waals surface area contributed by atoms with Crippen molar-refractivity contribution in [1.29, 1.82) is 0 Å². The van der Waals surface area contributed by atoms with Crippen LogP contribution >= 0.6 is 24.0 Å². The van der Waals surface area contributed by atoms with Crippen molar-refractivity contribution in [2.45, 2.75) is 24.2 Å². The second kappa shape index (κ2) is 8.00. The molecule has 0 aliphatic heterocycles. The number of benzene rings is 1. The van der Waals surface area contributed by atoms with Gasteiger partial charge in [0.05, 0.1) is 17.7 Å². The summed E-state index contributed by atoms with van der Waals surface area (Å²) >= 11 is 6.19. The normalized spacial score (nSPS) is 31.1. The third kappa shape index (κ3) is 3.09. The monoisotopic (exact) mass is 500 g/mol. The summed E-state index contributed by atoms with van der Waals surface area (Å²) in [5.74, 6) is -8.19. The average molecular weight is 501 g/mol. The van der Waals surface area contributed by atoms with E-state index >= 15 is 0 Å². The van der Waals surface area contributed by atoms with E-state index in [2.05, 4.69) is 0 Å². The molecule has 0 bridgehead atoms. The van der Waals surface area contributed by atoms with Gasteiger partial charge in [0, 0.05) is 28.0 Å². The fraction of sp³-hybridized carbons (Fsp3) is 0.381. The minimum absolute atomic E-state index is 0. The standard InChI is InChI=1S/C21H21ClN2O8.ClH/c1-24(2)14-7-5-6-10(16(27)12-9(25)4-3-8(22)11(12)15(6)26)18(29)21(7,32)19(30)13(17(14)28)20(23)31;/h3-4,6-7,14-15,25-27,30,32H,5H2,1-2H3,(H2,23,31);1H/t6-,7-,14+,15+,21-;/m0./s1. The highest BCUT2D eigenvalue weighted by molar-refractivity contribution is 6.32. The molecule has 1 aromatic carbocycles. The van der Waals surface area contributed by atoms with Gasteiger partial charge in [-0.05, 0) is 32.6 Å². The Morgan fingerprint density at radius 2 is 1.82 bits per heavy atom. The summed E-state index contributed by atoms with van der Waals surface area (Å²) in [6.45, 7) is 0. The van der Waals surface area contributed by atoms with Gasteiger partial charge in [-0.2, -0.15) is 0 Å². The molecular weight excluding hydrogens is 479 g/mol. The maximum absolute atomic E-state index is 13.6. The maximum Gasteiger partial charge on any atom is 0.255 e. The number of aliphatic hydroxyl groups excluding tert-OH is 3. The second-order valence-electron chi connectivity index (χ2n) is 8.47. The van der Waals surface area contributed by atoms with Crippen molar-refractivity contribution >= 4 is 47.2 Å². The van der Waals surface area contributed by atoms with Crippen molar-refractivity contribution in [2.75, 3.05) is 14.1 Å². The maximum atomic E-state index is 13.6. The van der Waals surface area contributed by atoms with Crippen LogP contribution in [-0.4, -0.2) is 73.6 Å². The van der Waals surface area contributed by atoms with Crippen LogP contribution in [0.15, 0.2) is 29.0 Å². The Bertz CT molecular complexity index is 1160. The first-order chi connectivity index (χ1) is 14.8. The number of aromatic hydroxyl groups is 1. The molecule has 0 heterocycles. The number of likely N-dealkylation sites (N-methyl/N-ethyl adjacent to an activating group) is 1. The average Bonchev–Trinajstić information content (AvgIpc) is 2.69. The summed E-state index contributed by atoms with van der Waals surface area (Å²) in [4.78, 5) is 39.8. The third-order valence-electron chi connectivity index (χ3n) is 6.64. The SMILES string of the molecule is CN(C)[C@H]1C(=O)C(C(N)=O)=C(O)[C@@]2(O)C(=O)C3=C(O)c4c(O)ccc(Cl)c4[C@H](O)[C@H]3C[C@@H]12.Cl. The fourth-order valence-electron chi connectivity index (χ4n) is 5.24. The molecule has 0 radical (unpaired) electrons. The Hall–Kier alpha value is -2.63. The fourth-order valence-corrected chi connectivity index (χ4v) is 5.51. The molecule has 5 atom stereocenters. The molecule has 0 spiro atoms. The predicted octanol–water partition coefficient (Wildman–Crippen LogP) is 0.530. The molecule has 12 heteroatoms. The lowest BCUT2D eigenvalue weighted by atomic mass is 9.57. The minimum atomic E-state index is -2.77. The molecule has 3 aliphatic rings. The molecular formula is C21H22Cl2N2O8. The third-order valence-corrected chi connectivity index (χ3v) is 6.97. The van der Waals surface area contributed by atoms with Crippen molar-refractivity contribution in [3.63, 3.8) is 0 Å². The molecule has 0 unspecified atom stereocenters. The Balaban J connectivity index is 0.00000306. The zero-order valence-electron chi connectivity index (χ0n) is 17.4. The number of phenols is 1. The highest BCUT2D eigenvalue weighted by Gasteiger charge is 2.65. The first-order valence-corrected chi connectivity index (χ1v) is 10.1. The van der Waals surface area contributed by atoms with E-state index in [0.29, 0.717) is 0 Å². The van der Waals surface area contributed by atoms with E-state index in [9.17, 15) is 39.9 Å². The lowest BCUT2D eigenvalue weighted by Crippen LogP contribution is -2.66. The van der Waals surface area contributed by atoms with Crippen LogP contribution in [0.4, 0.5) is 0 Å². The summed E-state index contributed by atoms with van der Waals surface area (Å²) < 4.78 is 0. The van der Waals surface area contributed by atoms with Crippen molar-refractivity contribution in [3.05, 3.63) is 45.2 Å². The van der Waals surface area contributed by atoms with E-state index in [4.69, 9.17) is 17.3 Å². The topological polar surface area (TPSA) is 182 Å². The van der Waals surface area contributed by atoms with Gasteiger partial charge in [0.1, 0.15) is 22.8 Å². The number of nitrogens with zero attached hydrogens (tertiary/aromatic N) is 1. The molecule has 3 aliphatic carbocycles. The van der Waals surface area contributed by atoms with Gasteiger partial charge in [-0.25, -0.2) is 0 Å². The molecule has 178 valence electrons. The number of carbonyl (C=O) groups is 3. The van der Waals surface area contributed by atoms with Crippen LogP contribution < -0.4 is 5.73 Å². The Kier molecular flexibility index (Phi) is 6.06. The number of nitrogens with two attached hydrogens (primary N) is 1. The number of amides is 1. The van der Waals surface area contributed by atoms with Gasteiger partial charge in [0.25, 0.3) is 5.91 Å². The van der Waals surface area contributed by atoms with E-state index in [0.717, 1.165) is 0 Å². The largest absolute Gasteiger partial charge is 0.508 e. The van der Waals surface area contributed by atoms with Crippen molar-refractivity contribution < 1.29 is 39.9 Å². The minimum Gasteiger partial charge on any atom is -0.508 e. The van der Waals surface area contributed by atoms with Gasteiger partial charge in [-0.15, -0.1) is 12.4 Å². The van der Waals surface area contributed by atoms with Gasteiger partial charge in [0.2, 0.25) is 5.78 Å². The van der Waals surface area contributed by atoms with E-state index < -0.39 is 75.5 Å². The van der Waals surface area contributed by atoms with Crippen molar-refractivity contribution in [2.24, 2.45) is 17.6 Å². The van der Waals surface area contributed by atoms with Crippen LogP contribution in [0.2, 0.25) is 5.02 Å². The van der Waals surface area contributed by atoms with Crippen molar-refractivity contribution in [1.82, 2.24) is 4.90 Å². The number of halogens is 2. The van der Waals surface area contributed by atoms with Crippen LogP contribution in [0, 0.1) is 11.8 Å². The summed E-state index contributed by atoms with van der Waals surface area (Å²) in [6, 6.07) is 1.25. The molecule has 0 saturated heterocycles. The summed E-state index contributed by atoms with van der Waals surface area (Å²) in [6.07, 6.45) is -1.70. The van der Waals surface area contributed by atoms with Crippen LogP contribution in [-0.2, 0) is 14.4 Å². The van der Waals surface area contributed by atoms with Gasteiger partial charge in [-0.1, -0.05) is 11.6 Å². The lowest BCUT2D eigenvalue weighted by molar-refractivity contribution is -0.155. The lowest BCUT2D eigenvalue weighted by Gasteiger charge is -2.51. The number of fused-ring (bicyclic) bond motifs is 3. The van der Waals surface area contributed by atoms with Gasteiger partial charge < -0.3 is 31.3 Å². The number of ketones is 2. The van der Waals surface area contributed by atoms with Crippen LogP contribution in [0.5, 0.6) is 5.75 Å². The highest BCUT2D eigenvalue weighted by Crippen LogP contribution is 2.56. The van der Waals surface area contributed by atoms with E-state index in [1.165, 1.54) is 31.1 Å². The first-order valence-electron chi connectivity index (χ1n) is 9.69. The second-order valence-corrected chi connectivity index (χ2v) is 8.87. The molecule has 0 aromatic heterocycles. The number of primary amides is 1. The van der Waals surface area contributed by atoms with Crippen molar-refractivity contribution in [3.8, 4) is 5.75 Å². The molecule has 10 nitrogen and oxygen atoms in total. The number of hydrogen-bond donors (Lipinski definition) is 6. The predicted molar refractivity (Wildman–Crippen MR) is 118 cm³/mol. The summed E-state index contributed by atoms with van der Waals surface area (Å²) in [5.41, 5.74) is 0.845. The van der Waals surface area contributed by atoms with Gasteiger partial charge >= 0.3 is 0 Å². The quantitative estimate of drug-likeness (QED) is 0.315. The Morgan fingerprint density at radius 3 is 2.36 bits per heavy atom. The molecule has 7 N–H and O–H groups in total. The van der Waals surface area contributed by atoms with Crippen LogP contribution in [0.1, 0.15) is 23.7 Å². The molecule has 1 amide bonds. The smallest absolute Gasteiger partial charge is 0.255 e. The molecule has 1 saturated carbocycles. The van der Waals surface area contributed by atoms with E-state index in [-0.39, 0.29) is 35.0 Å². The van der Waals surface area contributed by atoms with Crippen LogP contribution in [0.3, 0.4) is 0 Å². The van der Waals surface area contributed by atoms with Crippen LogP contribution in [0.25, 0.3) is 5.76 Å². The van der Waals surface area contributed by atoms with E-state index in [1.807, 2.05) is 0 Å². The zero-order valence-corrected chi connectivity index (χ0v) is 19.0. The number of carbonyl (C=O) groups excluding carboxylic acids is 3. The number of hydrogen-bond acceptors (Lipinski definition) is 9. The summed E-state index contributed by atoms with van der Waals surface area (Å²) in [7, 11) is 2.97. The van der Waals surface area contributed by atoms with Gasteiger partial charge in [0.15, 0.2) is 11.4 Å². The van der Waals surface area contributed by atoms with E-state index in [1.54, 1.807) is 0 Å². The molecule has 1 aromatic rings. The molecule has 33 heavy (non-hydrogen) atoms. The number of phenolic OH excluding ortho intramolecular Hbond substituents is 1. The summed E-state index contributed by atoms with van der Waals surface area (Å²) in [5, 5.41) is 54.4. The number of rotatable bonds is 2. The first kappa shape index (κ1) is 25.0. The zero-order chi connectivity index (χ0) is 23.9. The van der Waals surface area contributed by atoms with Gasteiger partial charge in [-0.3, -0.25) is 19.3 Å². The molecule has 4 rings (SSSR count). The number of Topliss-reactive ketones (excluding diaryl/α,β-unsaturated/α-hetero) is 2. The Labute approximate surface area is 199 Å². The molecule has 1 fully saturated rings. The highest BCUT2D eigenvalue weighted by atomic mass is 35.5. The number of aliphatic hydroxyl groups is 4.